The van der Waals surface area contributed by atoms with Crippen molar-refractivity contribution in [3.8, 4) is 0 Å². The second kappa shape index (κ2) is 5.06. The van der Waals surface area contributed by atoms with E-state index in [1.165, 1.54) is 6.42 Å². The van der Waals surface area contributed by atoms with Gasteiger partial charge >= 0.3 is 0 Å². The number of hydrogen-bond acceptors (Lipinski definition) is 3. The summed E-state index contributed by atoms with van der Waals surface area (Å²) in [6, 6.07) is 2.02. The van der Waals surface area contributed by atoms with Gasteiger partial charge in [-0.25, -0.2) is 4.98 Å². The van der Waals surface area contributed by atoms with Gasteiger partial charge in [-0.1, -0.05) is 32.4 Å². The van der Waals surface area contributed by atoms with Crippen LogP contribution < -0.4 is 10.6 Å². The molecule has 1 aliphatic heterocycles. The van der Waals surface area contributed by atoms with Crippen molar-refractivity contribution >= 4 is 17.4 Å². The third kappa shape index (κ3) is 2.78. The van der Waals surface area contributed by atoms with Crippen LogP contribution in [0.3, 0.4) is 0 Å². The van der Waals surface area contributed by atoms with Crippen molar-refractivity contribution in [3.05, 3.63) is 22.8 Å². The highest BCUT2D eigenvalue weighted by Crippen LogP contribution is 2.35. The van der Waals surface area contributed by atoms with Crippen molar-refractivity contribution < 1.29 is 0 Å². The van der Waals surface area contributed by atoms with E-state index in [2.05, 4.69) is 30.7 Å². The molecule has 1 fully saturated rings. The largest absolute Gasteiger partial charge is 0.356 e. The Morgan fingerprint density at radius 2 is 2.22 bits per heavy atom. The summed E-state index contributed by atoms with van der Waals surface area (Å²) in [6.45, 7) is 9.53. The van der Waals surface area contributed by atoms with E-state index in [4.69, 9.17) is 17.3 Å². The SMILES string of the molecule is CC(C)(C)C1CCN(c2cc(CN)c(Cl)cn2)C1. The summed E-state index contributed by atoms with van der Waals surface area (Å²) >= 11 is 6.04. The van der Waals surface area contributed by atoms with Crippen molar-refractivity contribution in [2.24, 2.45) is 17.1 Å². The molecule has 100 valence electrons. The third-order valence-corrected chi connectivity index (χ3v) is 4.22. The van der Waals surface area contributed by atoms with Crippen molar-refractivity contribution in [1.82, 2.24) is 4.98 Å². The highest BCUT2D eigenvalue weighted by molar-refractivity contribution is 6.31. The molecule has 0 amide bonds. The summed E-state index contributed by atoms with van der Waals surface area (Å²) in [5.74, 6) is 1.72. The minimum atomic E-state index is 0.359. The van der Waals surface area contributed by atoms with Crippen molar-refractivity contribution in [2.75, 3.05) is 18.0 Å². The first-order chi connectivity index (χ1) is 8.41. The summed E-state index contributed by atoms with van der Waals surface area (Å²) in [4.78, 5) is 6.76. The van der Waals surface area contributed by atoms with Crippen LogP contribution in [0.2, 0.25) is 5.02 Å². The van der Waals surface area contributed by atoms with Gasteiger partial charge < -0.3 is 10.6 Å². The highest BCUT2D eigenvalue weighted by Gasteiger charge is 2.32. The molecule has 2 N–H and O–H groups in total. The van der Waals surface area contributed by atoms with Crippen molar-refractivity contribution in [1.29, 1.82) is 0 Å². The van der Waals surface area contributed by atoms with Crippen LogP contribution in [0, 0.1) is 11.3 Å². The lowest BCUT2D eigenvalue weighted by molar-refractivity contribution is 0.263. The van der Waals surface area contributed by atoms with E-state index in [0.29, 0.717) is 17.0 Å². The summed E-state index contributed by atoms with van der Waals surface area (Å²) in [5.41, 5.74) is 7.02. The van der Waals surface area contributed by atoms with Gasteiger partial charge in [-0.2, -0.15) is 0 Å². The first-order valence-corrected chi connectivity index (χ1v) is 6.89. The van der Waals surface area contributed by atoms with E-state index in [0.717, 1.165) is 30.4 Å². The number of anilines is 1. The molecular weight excluding hydrogens is 246 g/mol. The minimum absolute atomic E-state index is 0.359. The maximum absolute atomic E-state index is 6.04. The van der Waals surface area contributed by atoms with Gasteiger partial charge in [0.15, 0.2) is 0 Å². The average molecular weight is 268 g/mol. The average Bonchev–Trinajstić information content (AvgIpc) is 2.78. The molecule has 0 saturated carbocycles. The molecule has 3 nitrogen and oxygen atoms in total. The monoisotopic (exact) mass is 267 g/mol. The van der Waals surface area contributed by atoms with Crippen molar-refractivity contribution in [3.63, 3.8) is 0 Å². The van der Waals surface area contributed by atoms with E-state index in [9.17, 15) is 0 Å². The second-order valence-electron chi connectivity index (χ2n) is 6.14. The zero-order valence-corrected chi connectivity index (χ0v) is 12.2. The number of rotatable bonds is 2. The molecule has 0 aromatic carbocycles. The molecule has 1 unspecified atom stereocenters. The van der Waals surface area contributed by atoms with Gasteiger partial charge in [-0.05, 0) is 29.4 Å². The summed E-state index contributed by atoms with van der Waals surface area (Å²) in [7, 11) is 0. The lowest BCUT2D eigenvalue weighted by Gasteiger charge is -2.27. The Kier molecular flexibility index (Phi) is 3.83. The molecule has 4 heteroatoms. The molecule has 1 aliphatic rings. The molecule has 18 heavy (non-hydrogen) atoms. The second-order valence-corrected chi connectivity index (χ2v) is 6.54. The van der Waals surface area contributed by atoms with Gasteiger partial charge in [0.25, 0.3) is 0 Å². The number of nitrogens with zero attached hydrogens (tertiary/aromatic N) is 2. The standard InChI is InChI=1S/C14H22ClN3/c1-14(2,3)11-4-5-18(9-11)13-6-10(7-16)12(15)8-17-13/h6,8,11H,4-5,7,9,16H2,1-3H3. The lowest BCUT2D eigenvalue weighted by Crippen LogP contribution is -2.26. The number of pyridine rings is 1. The fourth-order valence-corrected chi connectivity index (χ4v) is 2.65. The van der Waals surface area contributed by atoms with E-state index < -0.39 is 0 Å². The van der Waals surface area contributed by atoms with Crippen LogP contribution in [0.4, 0.5) is 5.82 Å². The molecule has 0 spiro atoms. The number of nitrogens with two attached hydrogens (primary N) is 1. The third-order valence-electron chi connectivity index (χ3n) is 3.88. The fourth-order valence-electron chi connectivity index (χ4n) is 2.47. The van der Waals surface area contributed by atoms with Crippen LogP contribution in [0.15, 0.2) is 12.3 Å². The Hall–Kier alpha value is -0.800. The molecular formula is C14H22ClN3. The van der Waals surface area contributed by atoms with Crippen LogP contribution in [0.5, 0.6) is 0 Å². The fraction of sp³-hybridized carbons (Fsp3) is 0.643. The molecule has 2 heterocycles. The van der Waals surface area contributed by atoms with Crippen LogP contribution in [-0.2, 0) is 6.54 Å². The first-order valence-electron chi connectivity index (χ1n) is 6.51. The summed E-state index contributed by atoms with van der Waals surface area (Å²) in [6.07, 6.45) is 2.94. The van der Waals surface area contributed by atoms with E-state index in [1.54, 1.807) is 6.20 Å². The Bertz CT molecular complexity index is 426. The molecule has 1 aromatic rings. The number of aromatic nitrogens is 1. The predicted octanol–water partition coefficient (Wildman–Crippen LogP) is 3.07. The van der Waals surface area contributed by atoms with E-state index >= 15 is 0 Å². The molecule has 0 bridgehead atoms. The Morgan fingerprint density at radius 3 is 2.78 bits per heavy atom. The Balaban J connectivity index is 2.14. The van der Waals surface area contributed by atoms with Crippen LogP contribution in [0.1, 0.15) is 32.8 Å². The topological polar surface area (TPSA) is 42.1 Å². The van der Waals surface area contributed by atoms with Gasteiger partial charge in [0, 0.05) is 25.8 Å². The summed E-state index contributed by atoms with van der Waals surface area (Å²) < 4.78 is 0. The van der Waals surface area contributed by atoms with Gasteiger partial charge in [-0.3, -0.25) is 0 Å². The van der Waals surface area contributed by atoms with Crippen LogP contribution in [0.25, 0.3) is 0 Å². The smallest absolute Gasteiger partial charge is 0.128 e. The first kappa shape index (κ1) is 13.6. The normalized spacial score (nSPS) is 20.5. The molecule has 0 radical (unpaired) electrons. The van der Waals surface area contributed by atoms with Crippen LogP contribution >= 0.6 is 11.6 Å². The maximum Gasteiger partial charge on any atom is 0.128 e. The zero-order valence-electron chi connectivity index (χ0n) is 11.4. The number of hydrogen-bond donors (Lipinski definition) is 1. The minimum Gasteiger partial charge on any atom is -0.356 e. The molecule has 1 atom stereocenters. The molecule has 0 aliphatic carbocycles. The Morgan fingerprint density at radius 1 is 1.50 bits per heavy atom. The highest BCUT2D eigenvalue weighted by atomic mass is 35.5. The van der Waals surface area contributed by atoms with Crippen molar-refractivity contribution in [2.45, 2.75) is 33.7 Å². The predicted molar refractivity (Wildman–Crippen MR) is 76.9 cm³/mol. The van der Waals surface area contributed by atoms with Crippen LogP contribution in [-0.4, -0.2) is 18.1 Å². The zero-order chi connectivity index (χ0) is 13.3. The molecule has 1 aromatic heterocycles. The van der Waals surface area contributed by atoms with Gasteiger partial charge in [-0.15, -0.1) is 0 Å². The number of halogens is 1. The van der Waals surface area contributed by atoms with Gasteiger partial charge in [0.05, 0.1) is 5.02 Å². The molecule has 1 saturated heterocycles. The van der Waals surface area contributed by atoms with E-state index in [1.807, 2.05) is 6.07 Å². The lowest BCUT2D eigenvalue weighted by atomic mass is 9.80. The van der Waals surface area contributed by atoms with E-state index in [-0.39, 0.29) is 0 Å². The van der Waals surface area contributed by atoms with Gasteiger partial charge in [0.2, 0.25) is 0 Å². The molecule has 2 rings (SSSR count). The quantitative estimate of drug-likeness (QED) is 0.896. The van der Waals surface area contributed by atoms with Gasteiger partial charge in [0.1, 0.15) is 5.82 Å². The Labute approximate surface area is 114 Å². The maximum atomic E-state index is 6.04. The summed E-state index contributed by atoms with van der Waals surface area (Å²) in [5, 5.41) is 0.660.